The van der Waals surface area contributed by atoms with Gasteiger partial charge in [-0.1, -0.05) is 0 Å². The van der Waals surface area contributed by atoms with Crippen molar-refractivity contribution in [1.82, 2.24) is 10.2 Å². The molecule has 2 unspecified atom stereocenters. The summed E-state index contributed by atoms with van der Waals surface area (Å²) in [4.78, 5) is 2.58. The minimum absolute atomic E-state index is 0.435. The highest BCUT2D eigenvalue weighted by Gasteiger charge is 2.28. The highest BCUT2D eigenvalue weighted by Crippen LogP contribution is 2.16. The SMILES string of the molecule is COC1CNCC1CN1CCSCC1. The van der Waals surface area contributed by atoms with Crippen LogP contribution in [-0.4, -0.2) is 62.3 Å². The van der Waals surface area contributed by atoms with Gasteiger partial charge in [0, 0.05) is 57.3 Å². The third kappa shape index (κ3) is 2.63. The molecule has 2 rings (SSSR count). The Hall–Kier alpha value is 0.230. The predicted molar refractivity (Wildman–Crippen MR) is 60.9 cm³/mol. The second-order valence-corrected chi connectivity index (χ2v) is 5.33. The molecule has 2 fully saturated rings. The molecule has 0 bridgehead atoms. The lowest BCUT2D eigenvalue weighted by Gasteiger charge is -2.30. The van der Waals surface area contributed by atoms with E-state index in [4.69, 9.17) is 4.74 Å². The van der Waals surface area contributed by atoms with E-state index in [-0.39, 0.29) is 0 Å². The van der Waals surface area contributed by atoms with Crippen LogP contribution in [0, 0.1) is 5.92 Å². The van der Waals surface area contributed by atoms with Gasteiger partial charge in [-0.25, -0.2) is 0 Å². The molecular formula is C10H20N2OS. The van der Waals surface area contributed by atoms with Crippen LogP contribution in [-0.2, 0) is 4.74 Å². The minimum Gasteiger partial charge on any atom is -0.380 e. The van der Waals surface area contributed by atoms with Gasteiger partial charge in [-0.3, -0.25) is 0 Å². The van der Waals surface area contributed by atoms with E-state index in [2.05, 4.69) is 22.0 Å². The summed E-state index contributed by atoms with van der Waals surface area (Å²) in [6.45, 7) is 5.90. The molecule has 3 nitrogen and oxygen atoms in total. The molecule has 1 N–H and O–H groups in total. The van der Waals surface area contributed by atoms with Crippen LogP contribution in [0.3, 0.4) is 0 Å². The van der Waals surface area contributed by atoms with Gasteiger partial charge in [0.2, 0.25) is 0 Å². The zero-order valence-electron chi connectivity index (χ0n) is 8.87. The third-order valence-electron chi connectivity index (χ3n) is 3.18. The summed E-state index contributed by atoms with van der Waals surface area (Å²) >= 11 is 2.07. The normalized spacial score (nSPS) is 34.9. The fourth-order valence-electron chi connectivity index (χ4n) is 2.28. The molecule has 0 radical (unpaired) electrons. The number of ether oxygens (including phenoxy) is 1. The second-order valence-electron chi connectivity index (χ2n) is 4.11. The van der Waals surface area contributed by atoms with Crippen LogP contribution in [0.2, 0.25) is 0 Å². The number of rotatable bonds is 3. The molecule has 0 aromatic rings. The first-order chi connectivity index (χ1) is 6.90. The van der Waals surface area contributed by atoms with E-state index in [0.717, 1.165) is 13.1 Å². The fourth-order valence-corrected chi connectivity index (χ4v) is 3.26. The van der Waals surface area contributed by atoms with E-state index in [9.17, 15) is 0 Å². The average Bonchev–Trinajstić information content (AvgIpc) is 2.67. The van der Waals surface area contributed by atoms with Gasteiger partial charge < -0.3 is 15.0 Å². The predicted octanol–water partition coefficient (Wildman–Crippen LogP) is 0.270. The van der Waals surface area contributed by atoms with Crippen LogP contribution in [0.25, 0.3) is 0 Å². The Morgan fingerprint density at radius 3 is 2.86 bits per heavy atom. The third-order valence-corrected chi connectivity index (χ3v) is 4.12. The molecule has 0 aromatic heterocycles. The van der Waals surface area contributed by atoms with Crippen LogP contribution in [0.4, 0.5) is 0 Å². The Morgan fingerprint density at radius 2 is 2.14 bits per heavy atom. The maximum Gasteiger partial charge on any atom is 0.0748 e. The van der Waals surface area contributed by atoms with Crippen LogP contribution in [0.15, 0.2) is 0 Å². The number of nitrogens with zero attached hydrogens (tertiary/aromatic N) is 1. The first-order valence-electron chi connectivity index (χ1n) is 5.44. The van der Waals surface area contributed by atoms with Crippen molar-refractivity contribution >= 4 is 11.8 Å². The van der Waals surface area contributed by atoms with Gasteiger partial charge in [0.05, 0.1) is 6.10 Å². The van der Waals surface area contributed by atoms with Gasteiger partial charge in [0.15, 0.2) is 0 Å². The highest BCUT2D eigenvalue weighted by atomic mass is 32.2. The molecule has 0 aliphatic carbocycles. The van der Waals surface area contributed by atoms with E-state index >= 15 is 0 Å². The van der Waals surface area contributed by atoms with Gasteiger partial charge in [-0.05, 0) is 0 Å². The second kappa shape index (κ2) is 5.35. The lowest BCUT2D eigenvalue weighted by atomic mass is 10.1. The maximum atomic E-state index is 5.47. The summed E-state index contributed by atoms with van der Waals surface area (Å²) in [6.07, 6.45) is 0.435. The van der Waals surface area contributed by atoms with E-state index in [1.165, 1.54) is 31.1 Å². The number of nitrogens with one attached hydrogen (secondary N) is 1. The minimum atomic E-state index is 0.435. The van der Waals surface area contributed by atoms with Crippen molar-refractivity contribution < 1.29 is 4.74 Å². The number of hydrogen-bond acceptors (Lipinski definition) is 4. The first-order valence-corrected chi connectivity index (χ1v) is 6.59. The van der Waals surface area contributed by atoms with Crippen molar-refractivity contribution in [1.29, 1.82) is 0 Å². The van der Waals surface area contributed by atoms with E-state index in [1.807, 2.05) is 7.11 Å². The van der Waals surface area contributed by atoms with E-state index in [1.54, 1.807) is 0 Å². The average molecular weight is 216 g/mol. The quantitative estimate of drug-likeness (QED) is 0.732. The molecule has 2 heterocycles. The topological polar surface area (TPSA) is 24.5 Å². The summed E-state index contributed by atoms with van der Waals surface area (Å²) in [5.74, 6) is 3.30. The van der Waals surface area contributed by atoms with Crippen molar-refractivity contribution in [2.75, 3.05) is 51.3 Å². The largest absolute Gasteiger partial charge is 0.380 e. The Bertz CT molecular complexity index is 174. The fraction of sp³-hybridized carbons (Fsp3) is 1.00. The Kier molecular flexibility index (Phi) is 4.10. The number of methoxy groups -OCH3 is 1. The molecule has 2 saturated heterocycles. The van der Waals surface area contributed by atoms with Crippen LogP contribution >= 0.6 is 11.8 Å². The molecule has 2 atom stereocenters. The van der Waals surface area contributed by atoms with Crippen LogP contribution < -0.4 is 5.32 Å². The van der Waals surface area contributed by atoms with Gasteiger partial charge >= 0.3 is 0 Å². The zero-order chi connectivity index (χ0) is 9.80. The maximum absolute atomic E-state index is 5.47. The summed E-state index contributed by atoms with van der Waals surface area (Å²) in [7, 11) is 1.83. The van der Waals surface area contributed by atoms with Gasteiger partial charge in [0.1, 0.15) is 0 Å². The number of hydrogen-bond donors (Lipinski definition) is 1. The monoisotopic (exact) mass is 216 g/mol. The lowest BCUT2D eigenvalue weighted by Crippen LogP contribution is -2.40. The molecular weight excluding hydrogens is 196 g/mol. The van der Waals surface area contributed by atoms with E-state index < -0.39 is 0 Å². The lowest BCUT2D eigenvalue weighted by molar-refractivity contribution is 0.0673. The molecule has 0 spiro atoms. The molecule has 82 valence electrons. The Morgan fingerprint density at radius 1 is 1.36 bits per heavy atom. The standard InChI is InChI=1S/C10H20N2OS/c1-13-10-7-11-6-9(10)8-12-2-4-14-5-3-12/h9-11H,2-8H2,1H3. The molecule has 2 aliphatic rings. The number of thioether (sulfide) groups is 1. The van der Waals surface area contributed by atoms with Crippen LogP contribution in [0.5, 0.6) is 0 Å². The van der Waals surface area contributed by atoms with Crippen molar-refractivity contribution in [2.45, 2.75) is 6.10 Å². The zero-order valence-corrected chi connectivity index (χ0v) is 9.68. The molecule has 0 amide bonds. The molecule has 4 heteroatoms. The van der Waals surface area contributed by atoms with Crippen molar-refractivity contribution in [2.24, 2.45) is 5.92 Å². The van der Waals surface area contributed by atoms with Crippen molar-refractivity contribution in [3.8, 4) is 0 Å². The smallest absolute Gasteiger partial charge is 0.0748 e. The Labute approximate surface area is 90.6 Å². The van der Waals surface area contributed by atoms with Crippen LogP contribution in [0.1, 0.15) is 0 Å². The molecule has 2 aliphatic heterocycles. The van der Waals surface area contributed by atoms with Crippen molar-refractivity contribution in [3.05, 3.63) is 0 Å². The summed E-state index contributed by atoms with van der Waals surface area (Å²) in [5.41, 5.74) is 0. The molecule has 0 saturated carbocycles. The van der Waals surface area contributed by atoms with Gasteiger partial charge in [0.25, 0.3) is 0 Å². The Balaban J connectivity index is 1.77. The van der Waals surface area contributed by atoms with Gasteiger partial charge in [-0.15, -0.1) is 0 Å². The summed E-state index contributed by atoms with van der Waals surface area (Å²) < 4.78 is 5.47. The molecule has 0 aromatic carbocycles. The first kappa shape index (κ1) is 10.7. The van der Waals surface area contributed by atoms with E-state index in [0.29, 0.717) is 12.0 Å². The molecule has 14 heavy (non-hydrogen) atoms. The highest BCUT2D eigenvalue weighted by molar-refractivity contribution is 7.99. The summed E-state index contributed by atoms with van der Waals surface area (Å²) in [5, 5.41) is 3.41. The van der Waals surface area contributed by atoms with Gasteiger partial charge in [-0.2, -0.15) is 11.8 Å². The van der Waals surface area contributed by atoms with Crippen molar-refractivity contribution in [3.63, 3.8) is 0 Å². The summed E-state index contributed by atoms with van der Waals surface area (Å²) in [6, 6.07) is 0.